The van der Waals surface area contributed by atoms with Crippen LogP contribution in [0.4, 0.5) is 0 Å². The van der Waals surface area contributed by atoms with Gasteiger partial charge in [-0.2, -0.15) is 0 Å². The molecule has 0 saturated carbocycles. The number of rotatable bonds is 5. The van der Waals surface area contributed by atoms with Crippen LogP contribution < -0.4 is 0 Å². The topological polar surface area (TPSA) is 86.7 Å². The smallest absolute Gasteiger partial charge is 0.338 e. The lowest BCUT2D eigenvalue weighted by molar-refractivity contribution is 0.0524. The third-order valence-corrected chi connectivity index (χ3v) is 7.37. The number of aromatic carboxylic acids is 1. The van der Waals surface area contributed by atoms with Crippen molar-refractivity contribution in [2.45, 2.75) is 32.9 Å². The molecule has 0 aliphatic carbocycles. The van der Waals surface area contributed by atoms with Crippen molar-refractivity contribution in [1.82, 2.24) is 0 Å². The molecule has 0 spiro atoms. The highest BCUT2D eigenvalue weighted by atomic mass is 32.2. The standard InChI is InChI=1S/C23H18O5S2/c1-2-28-23(26)18-12-15(29-19-9-5-4-8-16(19)22(24)25)13-21-17(18)11-14-7-3-6-10-20(14)30(21)27/h3-10,12-13H,2,11H2,1H3,(H,24,25). The van der Waals surface area contributed by atoms with Gasteiger partial charge in [0.1, 0.15) is 0 Å². The Labute approximate surface area is 181 Å². The average molecular weight is 439 g/mol. The summed E-state index contributed by atoms with van der Waals surface area (Å²) >= 11 is -0.215. The van der Waals surface area contributed by atoms with Gasteiger partial charge in [0.15, 0.2) is 9.79 Å². The molecule has 5 nitrogen and oxygen atoms in total. The van der Waals surface area contributed by atoms with Gasteiger partial charge < -0.3 is 14.4 Å². The minimum absolute atomic E-state index is 0.171. The largest absolute Gasteiger partial charge is 0.606 e. The van der Waals surface area contributed by atoms with Gasteiger partial charge >= 0.3 is 11.9 Å². The zero-order valence-corrected chi connectivity index (χ0v) is 17.7. The number of benzene rings is 3. The molecule has 0 bridgehead atoms. The number of carbonyl (C=O) groups is 2. The lowest BCUT2D eigenvalue weighted by atomic mass is 9.99. The van der Waals surface area contributed by atoms with E-state index in [9.17, 15) is 19.2 Å². The van der Waals surface area contributed by atoms with Crippen molar-refractivity contribution in [1.29, 1.82) is 0 Å². The summed E-state index contributed by atoms with van der Waals surface area (Å²) in [4.78, 5) is 26.7. The molecule has 0 aromatic heterocycles. The second kappa shape index (κ2) is 8.55. The van der Waals surface area contributed by atoms with E-state index in [4.69, 9.17) is 4.74 Å². The van der Waals surface area contributed by atoms with Gasteiger partial charge in [-0.1, -0.05) is 42.1 Å². The van der Waals surface area contributed by atoms with Gasteiger partial charge in [-0.25, -0.2) is 9.59 Å². The van der Waals surface area contributed by atoms with Crippen molar-refractivity contribution in [2.75, 3.05) is 6.61 Å². The molecule has 1 aliphatic rings. The van der Waals surface area contributed by atoms with Crippen LogP contribution in [0.25, 0.3) is 0 Å². The summed E-state index contributed by atoms with van der Waals surface area (Å²) in [5.41, 5.74) is 2.16. The molecule has 1 unspecified atom stereocenters. The second-order valence-corrected chi connectivity index (χ2v) is 9.16. The Bertz CT molecular complexity index is 1140. The number of carboxylic acids is 1. The van der Waals surface area contributed by atoms with Crippen LogP contribution in [0.3, 0.4) is 0 Å². The van der Waals surface area contributed by atoms with Crippen molar-refractivity contribution < 1.29 is 24.0 Å². The minimum Gasteiger partial charge on any atom is -0.606 e. The van der Waals surface area contributed by atoms with Crippen molar-refractivity contribution in [3.05, 3.63) is 82.9 Å². The molecule has 0 amide bonds. The molecule has 1 atom stereocenters. The summed E-state index contributed by atoms with van der Waals surface area (Å²) in [5, 5.41) is 9.46. The van der Waals surface area contributed by atoms with E-state index in [0.717, 1.165) is 10.5 Å². The highest BCUT2D eigenvalue weighted by Gasteiger charge is 2.33. The molecule has 1 aliphatic heterocycles. The molecule has 3 aromatic carbocycles. The second-order valence-electron chi connectivity index (χ2n) is 6.62. The minimum atomic E-state index is -1.44. The number of carboxylic acid groups (broad SMARTS) is 1. The normalized spacial score (nSPS) is 14.5. The van der Waals surface area contributed by atoms with Gasteiger partial charge in [0.25, 0.3) is 0 Å². The van der Waals surface area contributed by atoms with Gasteiger partial charge in [0, 0.05) is 44.6 Å². The molecule has 0 saturated heterocycles. The van der Waals surface area contributed by atoms with E-state index in [-0.39, 0.29) is 12.2 Å². The van der Waals surface area contributed by atoms with E-state index in [2.05, 4.69) is 0 Å². The first-order valence-corrected chi connectivity index (χ1v) is 11.3. The number of carbonyl (C=O) groups excluding carboxylic acids is 1. The fourth-order valence-corrected chi connectivity index (χ4v) is 5.97. The number of esters is 1. The van der Waals surface area contributed by atoms with Gasteiger partial charge in [0.05, 0.1) is 17.7 Å². The summed E-state index contributed by atoms with van der Waals surface area (Å²) in [6, 6.07) is 17.6. The molecule has 152 valence electrons. The highest BCUT2D eigenvalue weighted by molar-refractivity contribution is 7.99. The Kier molecular flexibility index (Phi) is 5.85. The predicted octanol–water partition coefficient (Wildman–Crippen LogP) is 4.78. The van der Waals surface area contributed by atoms with E-state index in [1.165, 1.54) is 17.8 Å². The molecule has 3 aromatic rings. The quantitative estimate of drug-likeness (QED) is 0.456. The lowest BCUT2D eigenvalue weighted by Crippen LogP contribution is -2.19. The van der Waals surface area contributed by atoms with E-state index in [1.807, 2.05) is 24.3 Å². The molecular formula is C23H18O5S2. The van der Waals surface area contributed by atoms with Crippen LogP contribution >= 0.6 is 11.8 Å². The number of hydrogen-bond donors (Lipinski definition) is 1. The van der Waals surface area contributed by atoms with Crippen LogP contribution in [-0.2, 0) is 22.3 Å². The Morgan fingerprint density at radius 2 is 1.80 bits per heavy atom. The van der Waals surface area contributed by atoms with E-state index in [1.54, 1.807) is 37.3 Å². The summed E-state index contributed by atoms with van der Waals surface area (Å²) in [6.07, 6.45) is 0.488. The Morgan fingerprint density at radius 1 is 1.07 bits per heavy atom. The third kappa shape index (κ3) is 3.84. The van der Waals surface area contributed by atoms with Crippen LogP contribution in [0, 0.1) is 0 Å². The Balaban J connectivity index is 1.83. The SMILES string of the molecule is CCOC(=O)c1cc(Sc2ccccc2C(=O)O)cc2c1Cc1ccccc1[S+]2[O-]. The number of fused-ring (bicyclic) bond motifs is 2. The molecule has 1 heterocycles. The summed E-state index contributed by atoms with van der Waals surface area (Å²) in [5.74, 6) is -1.50. The average Bonchev–Trinajstić information content (AvgIpc) is 2.74. The first kappa shape index (κ1) is 20.5. The first-order chi connectivity index (χ1) is 14.5. The predicted molar refractivity (Wildman–Crippen MR) is 114 cm³/mol. The van der Waals surface area contributed by atoms with E-state index < -0.39 is 23.1 Å². The zero-order chi connectivity index (χ0) is 21.3. The van der Waals surface area contributed by atoms with Gasteiger partial charge in [-0.3, -0.25) is 0 Å². The van der Waals surface area contributed by atoms with Crippen LogP contribution in [-0.4, -0.2) is 28.2 Å². The Morgan fingerprint density at radius 3 is 2.57 bits per heavy atom. The van der Waals surface area contributed by atoms with Gasteiger partial charge in [0.2, 0.25) is 0 Å². The lowest BCUT2D eigenvalue weighted by Gasteiger charge is -2.24. The van der Waals surface area contributed by atoms with E-state index >= 15 is 0 Å². The summed E-state index contributed by atoms with van der Waals surface area (Å²) in [7, 11) is 0. The van der Waals surface area contributed by atoms with Gasteiger partial charge in [-0.05, 0) is 31.2 Å². The maximum absolute atomic E-state index is 13.3. The fourth-order valence-electron chi connectivity index (χ4n) is 3.42. The zero-order valence-electron chi connectivity index (χ0n) is 16.1. The monoisotopic (exact) mass is 438 g/mol. The third-order valence-electron chi connectivity index (χ3n) is 4.76. The van der Waals surface area contributed by atoms with E-state index in [0.29, 0.717) is 32.2 Å². The molecule has 0 fully saturated rings. The molecule has 0 radical (unpaired) electrons. The molecule has 30 heavy (non-hydrogen) atoms. The Hall–Kier alpha value is -2.74. The van der Waals surface area contributed by atoms with Crippen LogP contribution in [0.2, 0.25) is 0 Å². The van der Waals surface area contributed by atoms with Crippen LogP contribution in [0.15, 0.2) is 80.2 Å². The molecular weight excluding hydrogens is 420 g/mol. The number of ether oxygens (including phenoxy) is 1. The van der Waals surface area contributed by atoms with Crippen molar-refractivity contribution in [3.63, 3.8) is 0 Å². The maximum Gasteiger partial charge on any atom is 0.338 e. The van der Waals surface area contributed by atoms with Crippen LogP contribution in [0.5, 0.6) is 0 Å². The van der Waals surface area contributed by atoms with Crippen molar-refractivity contribution in [3.8, 4) is 0 Å². The highest BCUT2D eigenvalue weighted by Crippen LogP contribution is 2.40. The van der Waals surface area contributed by atoms with Gasteiger partial charge in [-0.15, -0.1) is 0 Å². The first-order valence-electron chi connectivity index (χ1n) is 9.33. The fraction of sp³-hybridized carbons (Fsp3) is 0.130. The number of hydrogen-bond acceptors (Lipinski definition) is 5. The molecule has 1 N–H and O–H groups in total. The van der Waals surface area contributed by atoms with Crippen LogP contribution in [0.1, 0.15) is 38.8 Å². The van der Waals surface area contributed by atoms with Crippen molar-refractivity contribution >= 4 is 34.9 Å². The summed E-state index contributed by atoms with van der Waals surface area (Å²) in [6.45, 7) is 1.96. The van der Waals surface area contributed by atoms with Crippen molar-refractivity contribution in [2.24, 2.45) is 0 Å². The maximum atomic E-state index is 13.3. The molecule has 7 heteroatoms. The summed E-state index contributed by atoms with van der Waals surface area (Å²) < 4.78 is 18.5. The molecule has 4 rings (SSSR count).